The summed E-state index contributed by atoms with van der Waals surface area (Å²) in [5, 5.41) is 12.3. The number of aromatic nitrogens is 3. The Hall–Kier alpha value is -3.96. The molecular weight excluding hydrogens is 449 g/mol. The summed E-state index contributed by atoms with van der Waals surface area (Å²) in [5.41, 5.74) is -2.06. The Morgan fingerprint density at radius 3 is 2.21 bits per heavy atom. The lowest BCUT2D eigenvalue weighted by atomic mass is 10.1. The Labute approximate surface area is 182 Å². The largest absolute Gasteiger partial charge is 0.438 e. The number of nitrogens with one attached hydrogen (secondary N) is 2. The molecule has 2 N–H and O–H groups in total. The Bertz CT molecular complexity index is 1470. The zero-order valence-corrected chi connectivity index (χ0v) is 17.3. The summed E-state index contributed by atoms with van der Waals surface area (Å²) >= 11 is 0. The van der Waals surface area contributed by atoms with E-state index in [1.54, 1.807) is 12.1 Å². The highest BCUT2D eigenvalue weighted by Gasteiger charge is 2.29. The van der Waals surface area contributed by atoms with Gasteiger partial charge in [-0.15, -0.1) is 5.10 Å². The first-order chi connectivity index (χ1) is 15.7. The molecule has 172 valence electrons. The Kier molecular flexibility index (Phi) is 5.52. The van der Waals surface area contributed by atoms with Crippen LogP contribution in [0.1, 0.15) is 13.8 Å². The summed E-state index contributed by atoms with van der Waals surface area (Å²) in [4.78, 5) is 16.5. The molecule has 0 aliphatic heterocycles. The number of aromatic amines is 1. The molecule has 0 saturated heterocycles. The lowest BCUT2D eigenvalue weighted by Crippen LogP contribution is -2.21. The van der Waals surface area contributed by atoms with Crippen LogP contribution in [0.15, 0.2) is 33.5 Å². The average Bonchev–Trinajstić information content (AvgIpc) is 3.17. The first-order valence-corrected chi connectivity index (χ1v) is 9.76. The standard InChI is InChI=1S/C21H16F5N5O2/c1-3-30(4-2)10-6-5-9-7-11(19(27)33-12(9)8-10)20-28-21(32)31(29-20)18-16(25)14(23)13(22)15(24)17(18)26/h5-8,27H,3-4H2,1-2H3,(H,28,29,32). The van der Waals surface area contributed by atoms with E-state index in [1.165, 1.54) is 6.07 Å². The lowest BCUT2D eigenvalue weighted by molar-refractivity contribution is 0.373. The van der Waals surface area contributed by atoms with Crippen molar-refractivity contribution in [3.05, 3.63) is 69.4 Å². The molecule has 0 aliphatic rings. The van der Waals surface area contributed by atoms with Crippen LogP contribution in [0, 0.1) is 34.5 Å². The smallest absolute Gasteiger partial charge is 0.348 e. The van der Waals surface area contributed by atoms with Gasteiger partial charge in [-0.1, -0.05) is 0 Å². The van der Waals surface area contributed by atoms with Crippen LogP contribution in [0.4, 0.5) is 27.6 Å². The van der Waals surface area contributed by atoms with E-state index >= 15 is 0 Å². The van der Waals surface area contributed by atoms with Crippen LogP contribution >= 0.6 is 0 Å². The SMILES string of the molecule is CCN(CC)c1ccc2cc(-c3nn(-c4c(F)c(F)c(F)c(F)c4F)c(=O)[nH]3)c(=N)oc2c1. The summed E-state index contributed by atoms with van der Waals surface area (Å²) in [6, 6.07) is 6.73. The van der Waals surface area contributed by atoms with Crippen molar-refractivity contribution in [2.24, 2.45) is 0 Å². The van der Waals surface area contributed by atoms with E-state index in [-0.39, 0.29) is 16.1 Å². The van der Waals surface area contributed by atoms with Crippen LogP contribution in [0.3, 0.4) is 0 Å². The second kappa shape index (κ2) is 8.19. The van der Waals surface area contributed by atoms with Gasteiger partial charge >= 0.3 is 5.69 Å². The lowest BCUT2D eigenvalue weighted by Gasteiger charge is -2.21. The molecule has 2 aromatic carbocycles. The van der Waals surface area contributed by atoms with E-state index in [0.29, 0.717) is 11.0 Å². The number of halogens is 5. The molecule has 0 atom stereocenters. The average molecular weight is 465 g/mol. The van der Waals surface area contributed by atoms with Crippen molar-refractivity contribution >= 4 is 16.7 Å². The molecule has 2 heterocycles. The maximum Gasteiger partial charge on any atom is 0.348 e. The topological polar surface area (TPSA) is 90.9 Å². The fourth-order valence-electron chi connectivity index (χ4n) is 3.45. The number of hydrogen-bond acceptors (Lipinski definition) is 5. The summed E-state index contributed by atoms with van der Waals surface area (Å²) in [6.07, 6.45) is 0. The molecule has 0 fully saturated rings. The quantitative estimate of drug-likeness (QED) is 0.265. The van der Waals surface area contributed by atoms with E-state index in [2.05, 4.69) is 15.0 Å². The monoisotopic (exact) mass is 465 g/mol. The van der Waals surface area contributed by atoms with Gasteiger partial charge in [-0.3, -0.25) is 10.4 Å². The van der Waals surface area contributed by atoms with Gasteiger partial charge < -0.3 is 9.32 Å². The van der Waals surface area contributed by atoms with Crippen molar-refractivity contribution in [1.29, 1.82) is 5.41 Å². The van der Waals surface area contributed by atoms with E-state index < -0.39 is 46.0 Å². The number of anilines is 1. The minimum Gasteiger partial charge on any atom is -0.438 e. The van der Waals surface area contributed by atoms with Gasteiger partial charge in [0.05, 0.1) is 5.56 Å². The van der Waals surface area contributed by atoms with Gasteiger partial charge in [0.1, 0.15) is 11.3 Å². The molecule has 0 saturated carbocycles. The summed E-state index contributed by atoms with van der Waals surface area (Å²) in [7, 11) is 0. The van der Waals surface area contributed by atoms with Crippen LogP contribution in [0.25, 0.3) is 28.0 Å². The van der Waals surface area contributed by atoms with Crippen LogP contribution in [0.2, 0.25) is 0 Å². The van der Waals surface area contributed by atoms with Crippen LogP contribution in [-0.4, -0.2) is 27.9 Å². The number of hydrogen-bond donors (Lipinski definition) is 2. The minimum absolute atomic E-state index is 0.0126. The molecule has 7 nitrogen and oxygen atoms in total. The summed E-state index contributed by atoms with van der Waals surface area (Å²) in [6.45, 7) is 5.48. The highest BCUT2D eigenvalue weighted by atomic mass is 19.2. The van der Waals surface area contributed by atoms with Gasteiger partial charge in [-0.05, 0) is 32.0 Å². The second-order valence-electron chi connectivity index (χ2n) is 6.99. The van der Waals surface area contributed by atoms with Crippen LogP contribution in [0.5, 0.6) is 0 Å². The van der Waals surface area contributed by atoms with Crippen LogP contribution in [-0.2, 0) is 0 Å². The molecule has 0 bridgehead atoms. The predicted molar refractivity (Wildman–Crippen MR) is 109 cm³/mol. The first-order valence-electron chi connectivity index (χ1n) is 9.76. The molecule has 0 radical (unpaired) electrons. The summed E-state index contributed by atoms with van der Waals surface area (Å²) in [5.74, 6) is -11.6. The first kappa shape index (κ1) is 22.2. The Morgan fingerprint density at radius 1 is 1.00 bits per heavy atom. The molecule has 33 heavy (non-hydrogen) atoms. The van der Waals surface area contributed by atoms with Gasteiger partial charge in [0.25, 0.3) is 0 Å². The van der Waals surface area contributed by atoms with E-state index in [1.807, 2.05) is 19.9 Å². The van der Waals surface area contributed by atoms with E-state index in [0.717, 1.165) is 18.8 Å². The van der Waals surface area contributed by atoms with Gasteiger partial charge in [0.2, 0.25) is 11.4 Å². The van der Waals surface area contributed by atoms with Gasteiger partial charge in [0, 0.05) is 30.2 Å². The third kappa shape index (κ3) is 3.56. The van der Waals surface area contributed by atoms with Gasteiger partial charge in [0.15, 0.2) is 29.1 Å². The Morgan fingerprint density at radius 2 is 1.61 bits per heavy atom. The van der Waals surface area contributed by atoms with Crippen molar-refractivity contribution < 1.29 is 26.4 Å². The normalized spacial score (nSPS) is 11.4. The highest BCUT2D eigenvalue weighted by Crippen LogP contribution is 2.26. The molecule has 0 amide bonds. The third-order valence-corrected chi connectivity index (χ3v) is 5.15. The van der Waals surface area contributed by atoms with Crippen molar-refractivity contribution in [1.82, 2.24) is 14.8 Å². The molecule has 0 unspecified atom stereocenters. The fraction of sp³-hybridized carbons (Fsp3) is 0.190. The van der Waals surface area contributed by atoms with E-state index in [9.17, 15) is 26.7 Å². The van der Waals surface area contributed by atoms with Gasteiger partial charge in [-0.2, -0.15) is 4.68 Å². The molecule has 4 rings (SSSR count). The highest BCUT2D eigenvalue weighted by molar-refractivity contribution is 5.83. The molecule has 2 aromatic heterocycles. The fourth-order valence-corrected chi connectivity index (χ4v) is 3.45. The van der Waals surface area contributed by atoms with Crippen molar-refractivity contribution in [2.45, 2.75) is 13.8 Å². The number of fused-ring (bicyclic) bond motifs is 1. The van der Waals surface area contributed by atoms with Gasteiger partial charge in [-0.25, -0.2) is 26.7 Å². The van der Waals surface area contributed by atoms with Crippen LogP contribution < -0.4 is 16.1 Å². The van der Waals surface area contributed by atoms with Crippen molar-refractivity contribution in [2.75, 3.05) is 18.0 Å². The number of nitrogens with zero attached hydrogens (tertiary/aromatic N) is 3. The molecule has 12 heteroatoms. The van der Waals surface area contributed by atoms with Crippen molar-refractivity contribution in [3.8, 4) is 17.1 Å². The van der Waals surface area contributed by atoms with Crippen molar-refractivity contribution in [3.63, 3.8) is 0 Å². The number of benzene rings is 2. The summed E-state index contributed by atoms with van der Waals surface area (Å²) < 4.78 is 74.3. The maximum absolute atomic E-state index is 14.1. The molecule has 4 aromatic rings. The maximum atomic E-state index is 14.1. The molecule has 0 spiro atoms. The van der Waals surface area contributed by atoms with E-state index in [4.69, 9.17) is 9.83 Å². The Balaban J connectivity index is 1.86. The zero-order chi connectivity index (χ0) is 24.0. The third-order valence-electron chi connectivity index (χ3n) is 5.15. The molecular formula is C21H16F5N5O2. The second-order valence-corrected chi connectivity index (χ2v) is 6.99. The minimum atomic E-state index is -2.36. The predicted octanol–water partition coefficient (Wildman–Crippen LogP) is 3.99. The molecule has 0 aliphatic carbocycles. The number of H-pyrrole nitrogens is 1. The zero-order valence-electron chi connectivity index (χ0n) is 17.3. The number of rotatable bonds is 5.